The molecule has 1 fully saturated rings. The molecule has 2 aliphatic rings. The van der Waals surface area contributed by atoms with E-state index >= 15 is 0 Å². The molecule has 0 saturated heterocycles. The predicted octanol–water partition coefficient (Wildman–Crippen LogP) is 2.98. The van der Waals surface area contributed by atoms with E-state index in [0.29, 0.717) is 30.1 Å². The average molecular weight is 261 g/mol. The molecule has 104 valence electrons. The van der Waals surface area contributed by atoms with Gasteiger partial charge in [0.05, 0.1) is 0 Å². The van der Waals surface area contributed by atoms with E-state index in [4.69, 9.17) is 9.47 Å². The maximum Gasteiger partial charge on any atom is 0.161 e. The number of fused-ring (bicyclic) bond motifs is 1. The molecule has 0 spiro atoms. The van der Waals surface area contributed by atoms with Crippen molar-refractivity contribution in [3.8, 4) is 11.5 Å². The minimum atomic E-state index is 0.376. The fraction of sp³-hybridized carbons (Fsp3) is 0.625. The highest BCUT2D eigenvalue weighted by atomic mass is 16.6. The third-order valence-electron chi connectivity index (χ3n) is 5.14. The summed E-state index contributed by atoms with van der Waals surface area (Å²) < 4.78 is 11.2. The molecule has 1 aliphatic heterocycles. The Balaban J connectivity index is 1.65. The van der Waals surface area contributed by atoms with E-state index in [9.17, 15) is 0 Å². The molecule has 1 aliphatic carbocycles. The molecule has 1 aromatic rings. The van der Waals surface area contributed by atoms with Gasteiger partial charge in [-0.15, -0.1) is 0 Å². The molecule has 1 heterocycles. The van der Waals surface area contributed by atoms with Crippen molar-refractivity contribution in [2.24, 2.45) is 10.8 Å². The van der Waals surface area contributed by atoms with Crippen molar-refractivity contribution >= 4 is 0 Å². The van der Waals surface area contributed by atoms with E-state index in [1.54, 1.807) is 0 Å². The smallest absolute Gasteiger partial charge is 0.161 e. The first-order valence-corrected chi connectivity index (χ1v) is 7.05. The van der Waals surface area contributed by atoms with E-state index in [1.807, 2.05) is 6.07 Å². The molecule has 0 amide bonds. The van der Waals surface area contributed by atoms with Crippen molar-refractivity contribution in [3.63, 3.8) is 0 Å². The Morgan fingerprint density at radius 3 is 2.32 bits per heavy atom. The molecule has 1 N–H and O–H groups in total. The minimum absolute atomic E-state index is 0.376. The first-order chi connectivity index (χ1) is 8.93. The van der Waals surface area contributed by atoms with Crippen LogP contribution in [0.4, 0.5) is 0 Å². The van der Waals surface area contributed by atoms with Crippen LogP contribution in [0.2, 0.25) is 0 Å². The fourth-order valence-electron chi connectivity index (χ4n) is 3.12. The molecular formula is C16H23NO2. The van der Waals surface area contributed by atoms with Gasteiger partial charge >= 0.3 is 0 Å². The zero-order valence-electron chi connectivity index (χ0n) is 12.2. The fourth-order valence-corrected chi connectivity index (χ4v) is 3.12. The summed E-state index contributed by atoms with van der Waals surface area (Å²) in [6, 6.07) is 6.79. The van der Waals surface area contributed by atoms with Gasteiger partial charge in [-0.1, -0.05) is 33.8 Å². The van der Waals surface area contributed by atoms with Crippen molar-refractivity contribution in [1.29, 1.82) is 0 Å². The Labute approximate surface area is 115 Å². The van der Waals surface area contributed by atoms with Gasteiger partial charge in [0.2, 0.25) is 0 Å². The zero-order valence-corrected chi connectivity index (χ0v) is 12.2. The molecule has 19 heavy (non-hydrogen) atoms. The second-order valence-electron chi connectivity index (χ2n) is 6.74. The summed E-state index contributed by atoms with van der Waals surface area (Å²) in [4.78, 5) is 0. The molecule has 3 rings (SSSR count). The van der Waals surface area contributed by atoms with Crippen LogP contribution in [0.5, 0.6) is 11.5 Å². The van der Waals surface area contributed by atoms with Gasteiger partial charge in [-0.2, -0.15) is 0 Å². The Kier molecular flexibility index (Phi) is 2.79. The maximum absolute atomic E-state index is 5.62. The SMILES string of the molecule is CC1(C)C(NCc2ccc3c(c2)OCCO3)C1(C)C. The lowest BCUT2D eigenvalue weighted by atomic mass is 10.0. The van der Waals surface area contributed by atoms with Gasteiger partial charge in [0.1, 0.15) is 13.2 Å². The second kappa shape index (κ2) is 4.14. The Morgan fingerprint density at radius 1 is 1.05 bits per heavy atom. The first kappa shape index (κ1) is 12.8. The van der Waals surface area contributed by atoms with Crippen molar-refractivity contribution in [1.82, 2.24) is 5.32 Å². The summed E-state index contributed by atoms with van der Waals surface area (Å²) >= 11 is 0. The normalized spacial score (nSPS) is 23.2. The van der Waals surface area contributed by atoms with Crippen molar-refractivity contribution in [2.75, 3.05) is 13.2 Å². The molecule has 0 atom stereocenters. The molecule has 0 bridgehead atoms. The van der Waals surface area contributed by atoms with Gasteiger partial charge in [0.15, 0.2) is 11.5 Å². The van der Waals surface area contributed by atoms with Crippen LogP contribution >= 0.6 is 0 Å². The lowest BCUT2D eigenvalue weighted by Crippen LogP contribution is -2.22. The molecule has 0 aromatic heterocycles. The van der Waals surface area contributed by atoms with Crippen molar-refractivity contribution in [2.45, 2.75) is 40.3 Å². The van der Waals surface area contributed by atoms with Gasteiger partial charge in [0, 0.05) is 12.6 Å². The number of nitrogens with one attached hydrogen (secondary N) is 1. The minimum Gasteiger partial charge on any atom is -0.486 e. The molecule has 1 aromatic carbocycles. The Bertz CT molecular complexity index is 480. The van der Waals surface area contributed by atoms with Crippen molar-refractivity contribution < 1.29 is 9.47 Å². The number of benzene rings is 1. The van der Waals surface area contributed by atoms with Crippen LogP contribution in [0, 0.1) is 10.8 Å². The van der Waals surface area contributed by atoms with E-state index in [-0.39, 0.29) is 0 Å². The van der Waals surface area contributed by atoms with Gasteiger partial charge in [0.25, 0.3) is 0 Å². The highest BCUT2D eigenvalue weighted by Crippen LogP contribution is 2.62. The van der Waals surface area contributed by atoms with Crippen LogP contribution in [-0.2, 0) is 6.54 Å². The summed E-state index contributed by atoms with van der Waals surface area (Å²) in [5, 5.41) is 3.66. The van der Waals surface area contributed by atoms with Gasteiger partial charge in [-0.05, 0) is 28.5 Å². The quantitative estimate of drug-likeness (QED) is 0.907. The number of rotatable bonds is 3. The lowest BCUT2D eigenvalue weighted by Gasteiger charge is -2.19. The topological polar surface area (TPSA) is 30.5 Å². The van der Waals surface area contributed by atoms with Crippen LogP contribution in [0.15, 0.2) is 18.2 Å². The van der Waals surface area contributed by atoms with Crippen molar-refractivity contribution in [3.05, 3.63) is 23.8 Å². The Hall–Kier alpha value is -1.22. The standard InChI is InChI=1S/C16H23NO2/c1-15(2)14(16(15,3)4)17-10-11-5-6-12-13(9-11)19-8-7-18-12/h5-6,9,14,17H,7-8,10H2,1-4H3. The van der Waals surface area contributed by atoms with E-state index < -0.39 is 0 Å². The number of hydrogen-bond donors (Lipinski definition) is 1. The average Bonchev–Trinajstić information content (AvgIpc) is 2.77. The largest absolute Gasteiger partial charge is 0.486 e. The Morgan fingerprint density at radius 2 is 1.68 bits per heavy atom. The summed E-state index contributed by atoms with van der Waals surface area (Å²) in [7, 11) is 0. The van der Waals surface area contributed by atoms with Crippen LogP contribution in [0.3, 0.4) is 0 Å². The monoisotopic (exact) mass is 261 g/mol. The third-order valence-corrected chi connectivity index (χ3v) is 5.14. The number of hydrogen-bond acceptors (Lipinski definition) is 3. The molecular weight excluding hydrogens is 238 g/mol. The van der Waals surface area contributed by atoms with Gasteiger partial charge in [-0.3, -0.25) is 0 Å². The van der Waals surface area contributed by atoms with E-state index in [0.717, 1.165) is 18.0 Å². The van der Waals surface area contributed by atoms with Crippen LogP contribution < -0.4 is 14.8 Å². The van der Waals surface area contributed by atoms with E-state index in [1.165, 1.54) is 5.56 Å². The van der Waals surface area contributed by atoms with Crippen LogP contribution in [0.1, 0.15) is 33.3 Å². The third kappa shape index (κ3) is 2.00. The highest BCUT2D eigenvalue weighted by molar-refractivity contribution is 5.43. The molecule has 0 radical (unpaired) electrons. The lowest BCUT2D eigenvalue weighted by molar-refractivity contribution is 0.171. The molecule has 3 nitrogen and oxygen atoms in total. The summed E-state index contributed by atoms with van der Waals surface area (Å²) in [6.45, 7) is 11.5. The maximum atomic E-state index is 5.62. The predicted molar refractivity (Wildman–Crippen MR) is 75.6 cm³/mol. The number of ether oxygens (including phenoxy) is 2. The van der Waals surface area contributed by atoms with Gasteiger partial charge in [-0.25, -0.2) is 0 Å². The molecule has 1 saturated carbocycles. The summed E-state index contributed by atoms with van der Waals surface area (Å²) in [5.41, 5.74) is 2.00. The van der Waals surface area contributed by atoms with Crippen LogP contribution in [-0.4, -0.2) is 19.3 Å². The molecule has 0 unspecified atom stereocenters. The highest BCUT2D eigenvalue weighted by Gasteiger charge is 2.64. The van der Waals surface area contributed by atoms with Crippen LogP contribution in [0.25, 0.3) is 0 Å². The van der Waals surface area contributed by atoms with Gasteiger partial charge < -0.3 is 14.8 Å². The molecule has 3 heteroatoms. The van der Waals surface area contributed by atoms with E-state index in [2.05, 4.69) is 45.1 Å². The zero-order chi connectivity index (χ0) is 13.7. The second-order valence-corrected chi connectivity index (χ2v) is 6.74. The first-order valence-electron chi connectivity index (χ1n) is 7.05. The summed E-state index contributed by atoms with van der Waals surface area (Å²) in [5.74, 6) is 1.74. The summed E-state index contributed by atoms with van der Waals surface area (Å²) in [6.07, 6.45) is 0.